The van der Waals surface area contributed by atoms with E-state index in [4.69, 9.17) is 5.73 Å². The lowest BCUT2D eigenvalue weighted by Crippen LogP contribution is -2.38. The highest BCUT2D eigenvalue weighted by Gasteiger charge is 2.41. The lowest BCUT2D eigenvalue weighted by molar-refractivity contribution is 0.366. The Hall–Kier alpha value is -1.36. The Labute approximate surface area is 94.9 Å². The van der Waals surface area contributed by atoms with Gasteiger partial charge in [-0.2, -0.15) is 0 Å². The van der Waals surface area contributed by atoms with Crippen LogP contribution in [0.25, 0.3) is 0 Å². The van der Waals surface area contributed by atoms with Crippen molar-refractivity contribution in [2.45, 2.75) is 24.3 Å². The first-order chi connectivity index (χ1) is 8.02. The fourth-order valence-electron chi connectivity index (χ4n) is 2.79. The molecule has 1 aromatic carbocycles. The van der Waals surface area contributed by atoms with Gasteiger partial charge < -0.3 is 5.73 Å². The molecule has 0 fully saturated rings. The van der Waals surface area contributed by atoms with Crippen LogP contribution in [0.4, 0.5) is 17.6 Å². The average molecular weight is 243 g/mol. The van der Waals surface area contributed by atoms with E-state index in [0.29, 0.717) is 6.42 Å². The zero-order valence-corrected chi connectivity index (χ0v) is 8.68. The van der Waals surface area contributed by atoms with E-state index >= 15 is 0 Å². The molecular weight excluding hydrogens is 234 g/mol. The summed E-state index contributed by atoms with van der Waals surface area (Å²) in [4.78, 5) is 0. The fourth-order valence-corrected chi connectivity index (χ4v) is 2.79. The number of hydrogen-bond acceptors (Lipinski definition) is 1. The van der Waals surface area contributed by atoms with Crippen LogP contribution in [0.1, 0.15) is 29.4 Å². The largest absolute Gasteiger partial charge is 0.327 e. The SMILES string of the molecule is N[C@H]1C[C@H]2C=C[C@H]1c1c(F)c(F)c(F)c(F)c12. The summed E-state index contributed by atoms with van der Waals surface area (Å²) in [6.45, 7) is 0. The van der Waals surface area contributed by atoms with Crippen molar-refractivity contribution >= 4 is 0 Å². The lowest BCUT2D eigenvalue weighted by atomic mass is 9.68. The molecule has 0 saturated carbocycles. The predicted octanol–water partition coefficient (Wildman–Crippen LogP) is 2.71. The number of nitrogens with two attached hydrogens (primary N) is 1. The Kier molecular flexibility index (Phi) is 2.10. The molecule has 5 heteroatoms. The molecule has 17 heavy (non-hydrogen) atoms. The minimum Gasteiger partial charge on any atom is -0.327 e. The molecular formula is C12H9F4N. The first kappa shape index (κ1) is 10.8. The molecule has 0 saturated heterocycles. The summed E-state index contributed by atoms with van der Waals surface area (Å²) in [5.41, 5.74) is 5.59. The van der Waals surface area contributed by atoms with Crippen LogP contribution in [0.5, 0.6) is 0 Å². The van der Waals surface area contributed by atoms with Crippen molar-refractivity contribution in [3.63, 3.8) is 0 Å². The van der Waals surface area contributed by atoms with Gasteiger partial charge in [0.25, 0.3) is 0 Å². The maximum Gasteiger partial charge on any atom is 0.197 e. The van der Waals surface area contributed by atoms with Crippen molar-refractivity contribution in [3.8, 4) is 0 Å². The third kappa shape index (κ3) is 1.23. The topological polar surface area (TPSA) is 26.0 Å². The lowest BCUT2D eigenvalue weighted by Gasteiger charge is -2.38. The molecule has 90 valence electrons. The second-order valence-corrected chi connectivity index (χ2v) is 4.50. The molecule has 3 aliphatic rings. The summed E-state index contributed by atoms with van der Waals surface area (Å²) in [6, 6.07) is -0.378. The first-order valence-electron chi connectivity index (χ1n) is 5.32. The average Bonchev–Trinajstić information content (AvgIpc) is 2.33. The second-order valence-electron chi connectivity index (χ2n) is 4.50. The van der Waals surface area contributed by atoms with Crippen molar-refractivity contribution in [1.82, 2.24) is 0 Å². The number of benzene rings is 1. The molecule has 1 nitrogen and oxygen atoms in total. The number of allylic oxidation sites excluding steroid dienone is 1. The summed E-state index contributed by atoms with van der Waals surface area (Å²) in [6.07, 6.45) is 3.74. The Bertz CT molecular complexity index is 538. The van der Waals surface area contributed by atoms with E-state index in [1.54, 1.807) is 12.2 Å². The molecule has 0 heterocycles. The Morgan fingerprint density at radius 2 is 1.47 bits per heavy atom. The van der Waals surface area contributed by atoms with Crippen molar-refractivity contribution in [2.24, 2.45) is 5.73 Å². The number of rotatable bonds is 0. The molecule has 4 rings (SSSR count). The van der Waals surface area contributed by atoms with E-state index in [2.05, 4.69) is 0 Å². The van der Waals surface area contributed by atoms with Gasteiger partial charge in [-0.3, -0.25) is 0 Å². The van der Waals surface area contributed by atoms with E-state index in [9.17, 15) is 17.6 Å². The summed E-state index contributed by atoms with van der Waals surface area (Å²) in [5, 5.41) is 0. The highest BCUT2D eigenvalue weighted by molar-refractivity contribution is 5.48. The number of halogens is 4. The van der Waals surface area contributed by atoms with Crippen molar-refractivity contribution in [3.05, 3.63) is 46.5 Å². The Morgan fingerprint density at radius 1 is 0.882 bits per heavy atom. The quantitative estimate of drug-likeness (QED) is 0.322. The van der Waals surface area contributed by atoms with Crippen LogP contribution in [0.3, 0.4) is 0 Å². The molecule has 0 radical (unpaired) electrons. The maximum atomic E-state index is 13.7. The molecule has 1 aromatic rings. The number of fused-ring (bicyclic) bond motifs is 1. The van der Waals surface area contributed by atoms with Crippen molar-refractivity contribution in [1.29, 1.82) is 0 Å². The molecule has 2 N–H and O–H groups in total. The van der Waals surface area contributed by atoms with E-state index in [1.807, 2.05) is 0 Å². The third-order valence-corrected chi connectivity index (χ3v) is 3.58. The van der Waals surface area contributed by atoms with Crippen LogP contribution >= 0.6 is 0 Å². The monoisotopic (exact) mass is 243 g/mol. The zero-order chi connectivity index (χ0) is 12.3. The third-order valence-electron chi connectivity index (χ3n) is 3.58. The smallest absolute Gasteiger partial charge is 0.197 e. The van der Waals surface area contributed by atoms with Crippen LogP contribution in [0.15, 0.2) is 12.2 Å². The van der Waals surface area contributed by atoms with E-state index in [0.717, 1.165) is 0 Å². The van der Waals surface area contributed by atoms with E-state index in [1.165, 1.54) is 0 Å². The summed E-state index contributed by atoms with van der Waals surface area (Å²) in [5.74, 6) is -7.13. The summed E-state index contributed by atoms with van der Waals surface area (Å²) in [7, 11) is 0. The van der Waals surface area contributed by atoms with Crippen molar-refractivity contribution in [2.75, 3.05) is 0 Å². The van der Waals surface area contributed by atoms with Gasteiger partial charge >= 0.3 is 0 Å². The molecule has 0 aliphatic heterocycles. The Morgan fingerprint density at radius 3 is 2.06 bits per heavy atom. The van der Waals surface area contributed by atoms with Gasteiger partial charge in [0, 0.05) is 29.0 Å². The van der Waals surface area contributed by atoms with E-state index < -0.39 is 35.1 Å². The second kappa shape index (κ2) is 3.32. The molecule has 2 bridgehead atoms. The minimum atomic E-state index is -1.76. The molecule has 0 unspecified atom stereocenters. The molecule has 0 amide bonds. The number of hydrogen-bond donors (Lipinski definition) is 1. The first-order valence-corrected chi connectivity index (χ1v) is 5.32. The molecule has 0 aromatic heterocycles. The minimum absolute atomic E-state index is 0.0735. The van der Waals surface area contributed by atoms with Gasteiger partial charge in [-0.1, -0.05) is 12.2 Å². The van der Waals surface area contributed by atoms with Gasteiger partial charge in [0.05, 0.1) is 0 Å². The molecule has 0 spiro atoms. The summed E-state index contributed by atoms with van der Waals surface area (Å²) < 4.78 is 53.7. The maximum absolute atomic E-state index is 13.7. The van der Waals surface area contributed by atoms with Gasteiger partial charge in [-0.25, -0.2) is 17.6 Å². The van der Waals surface area contributed by atoms with Crippen molar-refractivity contribution < 1.29 is 17.6 Å². The van der Waals surface area contributed by atoms with Gasteiger partial charge in [0.2, 0.25) is 0 Å². The van der Waals surface area contributed by atoms with E-state index in [-0.39, 0.29) is 17.2 Å². The van der Waals surface area contributed by atoms with Gasteiger partial charge in [0.1, 0.15) is 0 Å². The normalized spacial score (nSPS) is 29.6. The predicted molar refractivity (Wildman–Crippen MR) is 53.5 cm³/mol. The standard InChI is InChI=1S/C12H9F4N/c13-9-7-4-1-2-5(6(17)3-4)8(7)10(14)12(16)11(9)15/h1-2,4-6H,3,17H2/t4-,5-,6+/m1/s1. The van der Waals surface area contributed by atoms with Crippen LogP contribution in [-0.4, -0.2) is 6.04 Å². The highest BCUT2D eigenvalue weighted by Crippen LogP contribution is 2.47. The summed E-state index contributed by atoms with van der Waals surface area (Å²) >= 11 is 0. The van der Waals surface area contributed by atoms with Crippen LogP contribution in [-0.2, 0) is 0 Å². The zero-order valence-electron chi connectivity index (χ0n) is 8.68. The van der Waals surface area contributed by atoms with Crippen LogP contribution < -0.4 is 5.73 Å². The molecule has 3 aliphatic carbocycles. The highest BCUT2D eigenvalue weighted by atomic mass is 19.2. The van der Waals surface area contributed by atoms with Gasteiger partial charge in [-0.15, -0.1) is 0 Å². The molecule has 3 atom stereocenters. The fraction of sp³-hybridized carbons (Fsp3) is 0.333. The van der Waals surface area contributed by atoms with Crippen LogP contribution in [0, 0.1) is 23.3 Å². The van der Waals surface area contributed by atoms with Crippen LogP contribution in [0.2, 0.25) is 0 Å². The van der Waals surface area contributed by atoms with Gasteiger partial charge in [-0.05, 0) is 6.42 Å². The van der Waals surface area contributed by atoms with Gasteiger partial charge in [0.15, 0.2) is 23.3 Å². The Balaban J connectivity index is 2.36.